The number of phosphoric acid groups is 2. The minimum atomic E-state index is -4.96. The van der Waals surface area contributed by atoms with Gasteiger partial charge in [0.2, 0.25) is 0 Å². The van der Waals surface area contributed by atoms with Crippen molar-refractivity contribution < 1.29 is 80.2 Å². The molecule has 19 heteroatoms. The molecule has 6 atom stereocenters. The van der Waals surface area contributed by atoms with Gasteiger partial charge in [0.25, 0.3) is 0 Å². The topological polar surface area (TPSA) is 237 Å². The molecular formula is C74H144O17P2. The van der Waals surface area contributed by atoms with Crippen molar-refractivity contribution in [2.45, 2.75) is 394 Å². The number of esters is 4. The Labute approximate surface area is 568 Å². The van der Waals surface area contributed by atoms with Crippen LogP contribution in [0.5, 0.6) is 0 Å². The van der Waals surface area contributed by atoms with Crippen molar-refractivity contribution in [3.05, 3.63) is 0 Å². The average molecular weight is 1370 g/mol. The highest BCUT2D eigenvalue weighted by Crippen LogP contribution is 2.45. The van der Waals surface area contributed by atoms with E-state index >= 15 is 0 Å². The number of unbranched alkanes of at least 4 members (excludes halogenated alkanes) is 39. The Morgan fingerprint density at radius 3 is 0.817 bits per heavy atom. The van der Waals surface area contributed by atoms with Crippen LogP contribution in [0, 0.1) is 17.8 Å². The maximum atomic E-state index is 13.1. The van der Waals surface area contributed by atoms with E-state index in [4.69, 9.17) is 37.0 Å². The Kier molecular flexibility index (Phi) is 63.4. The molecule has 0 fully saturated rings. The Morgan fingerprint density at radius 2 is 0.548 bits per heavy atom. The van der Waals surface area contributed by atoms with E-state index in [0.717, 1.165) is 114 Å². The predicted molar refractivity (Wildman–Crippen MR) is 377 cm³/mol. The molecule has 0 aromatic rings. The first kappa shape index (κ1) is 91.1. The number of hydrogen-bond donors (Lipinski definition) is 3. The predicted octanol–water partition coefficient (Wildman–Crippen LogP) is 21.4. The van der Waals surface area contributed by atoms with Crippen molar-refractivity contribution in [1.29, 1.82) is 0 Å². The molecule has 0 aliphatic heterocycles. The average Bonchev–Trinajstić information content (AvgIpc) is 2.42. The molecule has 0 aliphatic rings. The van der Waals surface area contributed by atoms with E-state index in [9.17, 15) is 43.2 Å². The maximum absolute atomic E-state index is 13.1. The smallest absolute Gasteiger partial charge is 0.462 e. The van der Waals surface area contributed by atoms with Gasteiger partial charge in [-0.25, -0.2) is 9.13 Å². The summed E-state index contributed by atoms with van der Waals surface area (Å²) in [6.45, 7) is 11.8. The van der Waals surface area contributed by atoms with Gasteiger partial charge in [0.1, 0.15) is 19.3 Å². The molecule has 0 rings (SSSR count). The van der Waals surface area contributed by atoms with Gasteiger partial charge in [-0.3, -0.25) is 37.3 Å². The lowest BCUT2D eigenvalue weighted by Crippen LogP contribution is -2.30. The molecule has 0 heterocycles. The number of hydrogen-bond acceptors (Lipinski definition) is 15. The van der Waals surface area contributed by atoms with E-state index in [1.807, 2.05) is 0 Å². The van der Waals surface area contributed by atoms with Crippen molar-refractivity contribution >= 4 is 39.5 Å². The minimum absolute atomic E-state index is 0.104. The molecule has 0 amide bonds. The van der Waals surface area contributed by atoms with Gasteiger partial charge in [0.05, 0.1) is 26.4 Å². The summed E-state index contributed by atoms with van der Waals surface area (Å²) >= 11 is 0. The highest BCUT2D eigenvalue weighted by atomic mass is 31.2. The van der Waals surface area contributed by atoms with Gasteiger partial charge in [-0.2, -0.15) is 0 Å². The lowest BCUT2D eigenvalue weighted by Gasteiger charge is -2.21. The van der Waals surface area contributed by atoms with Gasteiger partial charge in [-0.05, 0) is 43.4 Å². The van der Waals surface area contributed by atoms with Crippen LogP contribution in [0.25, 0.3) is 0 Å². The second kappa shape index (κ2) is 64.7. The molecule has 0 bridgehead atoms. The number of carbonyl (C=O) groups is 4. The van der Waals surface area contributed by atoms with Crippen molar-refractivity contribution in [1.82, 2.24) is 0 Å². The Balaban J connectivity index is 5.24. The van der Waals surface area contributed by atoms with Gasteiger partial charge in [0.15, 0.2) is 12.2 Å². The molecule has 0 saturated heterocycles. The standard InChI is InChI=1S/C74H144O17P2/c1-8-10-11-12-13-14-15-16-17-18-19-20-21-22-29-34-43-50-57-73(78)90-69(61-84-71(76)55-48-41-33-28-24-23-26-31-38-45-52-65(3)4)63-88-92(80,81)86-59-68(75)60-87-93(82,83)89-64-70(62-85-72(77)56-49-42-37-36-40-47-54-67(7)9-2)91-74(79)58-51-44-35-30-25-27-32-39-46-53-66(5)6/h65-70,75H,8-64H2,1-7H3,(H,80,81)(H,82,83)/t67?,68-,69-,70-/m1/s1. The fraction of sp³-hybridized carbons (Fsp3) is 0.946. The molecule has 93 heavy (non-hydrogen) atoms. The zero-order chi connectivity index (χ0) is 68.7. The lowest BCUT2D eigenvalue weighted by molar-refractivity contribution is -0.161. The van der Waals surface area contributed by atoms with Crippen LogP contribution in [-0.4, -0.2) is 96.7 Å². The van der Waals surface area contributed by atoms with Gasteiger partial charge >= 0.3 is 39.5 Å². The number of aliphatic hydroxyl groups is 1. The molecule has 0 spiro atoms. The third-order valence-electron chi connectivity index (χ3n) is 17.5. The third kappa shape index (κ3) is 67.0. The second-order valence-corrected chi connectivity index (χ2v) is 30.8. The Hall–Kier alpha value is -1.94. The monoisotopic (exact) mass is 1370 g/mol. The highest BCUT2D eigenvalue weighted by Gasteiger charge is 2.30. The molecule has 0 radical (unpaired) electrons. The molecule has 3 unspecified atom stereocenters. The minimum Gasteiger partial charge on any atom is -0.462 e. The zero-order valence-electron chi connectivity index (χ0n) is 60.7. The summed E-state index contributed by atoms with van der Waals surface area (Å²) in [5.41, 5.74) is 0. The molecule has 17 nitrogen and oxygen atoms in total. The highest BCUT2D eigenvalue weighted by molar-refractivity contribution is 7.47. The van der Waals surface area contributed by atoms with Crippen molar-refractivity contribution in [3.8, 4) is 0 Å². The first-order chi connectivity index (χ1) is 44.8. The van der Waals surface area contributed by atoms with E-state index in [1.54, 1.807) is 0 Å². The van der Waals surface area contributed by atoms with Crippen LogP contribution < -0.4 is 0 Å². The van der Waals surface area contributed by atoms with Crippen LogP contribution in [0.4, 0.5) is 0 Å². The molecule has 0 aromatic heterocycles. The van der Waals surface area contributed by atoms with Crippen molar-refractivity contribution in [3.63, 3.8) is 0 Å². The van der Waals surface area contributed by atoms with Gasteiger partial charge in [-0.1, -0.05) is 325 Å². The summed E-state index contributed by atoms with van der Waals surface area (Å²) in [6.07, 6.45) is 50.0. The largest absolute Gasteiger partial charge is 0.472 e. The molecule has 552 valence electrons. The summed E-state index contributed by atoms with van der Waals surface area (Å²) in [6, 6.07) is 0. The zero-order valence-corrected chi connectivity index (χ0v) is 62.5. The van der Waals surface area contributed by atoms with Crippen LogP contribution in [0.1, 0.15) is 376 Å². The summed E-state index contributed by atoms with van der Waals surface area (Å²) in [5.74, 6) is 0.103. The van der Waals surface area contributed by atoms with Crippen LogP contribution in [-0.2, 0) is 65.4 Å². The van der Waals surface area contributed by atoms with Crippen LogP contribution in [0.3, 0.4) is 0 Å². The number of ether oxygens (including phenoxy) is 4. The normalized spacial score (nSPS) is 14.4. The molecule has 0 aliphatic carbocycles. The van der Waals surface area contributed by atoms with Crippen LogP contribution in [0.15, 0.2) is 0 Å². The third-order valence-corrected chi connectivity index (χ3v) is 19.4. The summed E-state index contributed by atoms with van der Waals surface area (Å²) in [7, 11) is -9.91. The Bertz CT molecular complexity index is 1820. The fourth-order valence-electron chi connectivity index (χ4n) is 11.2. The quantitative estimate of drug-likeness (QED) is 0.0222. The molecule has 0 aromatic carbocycles. The van der Waals surface area contributed by atoms with Crippen molar-refractivity contribution in [2.75, 3.05) is 39.6 Å². The Morgan fingerprint density at radius 1 is 0.312 bits per heavy atom. The molecular weight excluding hydrogens is 1220 g/mol. The summed E-state index contributed by atoms with van der Waals surface area (Å²) in [4.78, 5) is 72.7. The summed E-state index contributed by atoms with van der Waals surface area (Å²) < 4.78 is 68.4. The number of phosphoric ester groups is 2. The van der Waals surface area contributed by atoms with E-state index in [1.165, 1.54) is 180 Å². The van der Waals surface area contributed by atoms with Gasteiger partial charge in [0, 0.05) is 25.7 Å². The van der Waals surface area contributed by atoms with Gasteiger partial charge in [-0.15, -0.1) is 0 Å². The first-order valence-electron chi connectivity index (χ1n) is 38.4. The second-order valence-electron chi connectivity index (χ2n) is 27.9. The SMILES string of the molecule is CCCCCCCCCCCCCCCCCCCCC(=O)O[C@H](COC(=O)CCCCCCCCCCCCC(C)C)COP(=O)(O)OC[C@@H](O)COP(=O)(O)OC[C@@H](COC(=O)CCCCCCCCC(C)CC)OC(=O)CCCCCCCCCCCC(C)C. The van der Waals surface area contributed by atoms with Crippen molar-refractivity contribution in [2.24, 2.45) is 17.8 Å². The molecule has 0 saturated carbocycles. The maximum Gasteiger partial charge on any atom is 0.472 e. The van der Waals surface area contributed by atoms with E-state index in [-0.39, 0.29) is 25.7 Å². The number of aliphatic hydroxyl groups excluding tert-OH is 1. The van der Waals surface area contributed by atoms with Gasteiger partial charge < -0.3 is 33.8 Å². The molecule has 3 N–H and O–H groups in total. The summed E-state index contributed by atoms with van der Waals surface area (Å²) in [5, 5.41) is 10.6. The fourth-order valence-corrected chi connectivity index (χ4v) is 12.8. The number of rotatable bonds is 72. The first-order valence-corrected chi connectivity index (χ1v) is 41.4. The van der Waals surface area contributed by atoms with E-state index in [0.29, 0.717) is 25.7 Å². The van der Waals surface area contributed by atoms with E-state index in [2.05, 4.69) is 48.5 Å². The number of carbonyl (C=O) groups excluding carboxylic acids is 4. The lowest BCUT2D eigenvalue weighted by atomic mass is 10.00. The van der Waals surface area contributed by atoms with E-state index < -0.39 is 97.5 Å². The van der Waals surface area contributed by atoms with Crippen LogP contribution >= 0.6 is 15.6 Å². The van der Waals surface area contributed by atoms with Crippen LogP contribution in [0.2, 0.25) is 0 Å².